The highest BCUT2D eigenvalue weighted by Crippen LogP contribution is 2.29. The maximum absolute atomic E-state index is 12.8. The number of ether oxygens (including phenoxy) is 1. The Balaban J connectivity index is 1.40. The van der Waals surface area contributed by atoms with Gasteiger partial charge < -0.3 is 15.0 Å². The van der Waals surface area contributed by atoms with Gasteiger partial charge in [-0.05, 0) is 81.6 Å². The molecule has 0 saturated carbocycles. The summed E-state index contributed by atoms with van der Waals surface area (Å²) < 4.78 is 5.49. The smallest absolute Gasteiger partial charge is 0.410 e. The second-order valence-corrected chi connectivity index (χ2v) is 8.83. The van der Waals surface area contributed by atoms with E-state index in [9.17, 15) is 9.59 Å². The lowest BCUT2D eigenvalue weighted by Gasteiger charge is -2.41. The molecule has 3 aromatic rings. The molecular formula is C28H31N3O3. The Hall–Kier alpha value is -3.80. The minimum atomic E-state index is -0.508. The van der Waals surface area contributed by atoms with Gasteiger partial charge in [-0.15, -0.1) is 0 Å². The molecular weight excluding hydrogens is 426 g/mol. The van der Waals surface area contributed by atoms with Crippen molar-refractivity contribution in [2.45, 2.75) is 45.2 Å². The lowest BCUT2D eigenvalue weighted by molar-refractivity contribution is 0.102. The number of amides is 2. The van der Waals surface area contributed by atoms with E-state index >= 15 is 0 Å². The summed E-state index contributed by atoms with van der Waals surface area (Å²) in [5.41, 5.74) is 3.01. The van der Waals surface area contributed by atoms with E-state index < -0.39 is 6.09 Å². The van der Waals surface area contributed by atoms with Crippen molar-refractivity contribution in [2.75, 3.05) is 22.2 Å². The Kier molecular flexibility index (Phi) is 7.16. The van der Waals surface area contributed by atoms with Crippen LogP contribution in [0.5, 0.6) is 5.75 Å². The molecule has 0 bridgehead atoms. The van der Waals surface area contributed by atoms with Gasteiger partial charge in [0.2, 0.25) is 0 Å². The second kappa shape index (κ2) is 10.4. The van der Waals surface area contributed by atoms with Crippen LogP contribution >= 0.6 is 0 Å². The van der Waals surface area contributed by atoms with E-state index in [0.717, 1.165) is 11.4 Å². The number of piperidine rings is 1. The average Bonchev–Trinajstić information content (AvgIpc) is 2.84. The van der Waals surface area contributed by atoms with Crippen LogP contribution in [0.4, 0.5) is 21.9 Å². The quantitative estimate of drug-likeness (QED) is 0.485. The number of anilines is 3. The summed E-state index contributed by atoms with van der Waals surface area (Å²) in [6.07, 6.45) is 3.13. The number of hydrogen-bond donors (Lipinski definition) is 1. The van der Waals surface area contributed by atoms with E-state index in [1.807, 2.05) is 54.6 Å². The van der Waals surface area contributed by atoms with Crippen LogP contribution in [0.2, 0.25) is 0 Å². The van der Waals surface area contributed by atoms with Crippen LogP contribution < -0.4 is 19.9 Å². The normalized spacial score (nSPS) is 17.7. The Bertz CT molecular complexity index is 1120. The fraction of sp³-hybridized carbons (Fsp3) is 0.286. The van der Waals surface area contributed by atoms with E-state index in [4.69, 9.17) is 4.74 Å². The highest BCUT2D eigenvalue weighted by Gasteiger charge is 2.25. The largest absolute Gasteiger partial charge is 0.419 e. The third-order valence-corrected chi connectivity index (χ3v) is 6.34. The summed E-state index contributed by atoms with van der Waals surface area (Å²) in [5, 5.41) is 2.89. The summed E-state index contributed by atoms with van der Waals surface area (Å²) in [6, 6.07) is 24.8. The molecule has 2 amide bonds. The number of carbonyl (C=O) groups is 2. The monoisotopic (exact) mass is 457 g/mol. The van der Waals surface area contributed by atoms with E-state index in [0.29, 0.717) is 29.1 Å². The standard InChI is InChI=1S/C28H31N3O3/c1-20-9-7-10-21(2)31(20)25-17-15-22(16-18-25)27(32)29-23-11-8-14-26(19-23)34-28(33)30(3)24-12-5-4-6-13-24/h4-6,8,11-21H,7,9-10H2,1-3H3,(H,29,32). The first-order valence-corrected chi connectivity index (χ1v) is 11.7. The Labute approximate surface area is 201 Å². The van der Waals surface area contributed by atoms with Crippen molar-refractivity contribution in [3.63, 3.8) is 0 Å². The molecule has 0 aromatic heterocycles. The first-order chi connectivity index (χ1) is 16.4. The van der Waals surface area contributed by atoms with E-state index in [1.165, 1.54) is 24.2 Å². The molecule has 6 nitrogen and oxygen atoms in total. The topological polar surface area (TPSA) is 61.9 Å². The van der Waals surface area contributed by atoms with Gasteiger partial charge in [0.15, 0.2) is 0 Å². The second-order valence-electron chi connectivity index (χ2n) is 8.83. The lowest BCUT2D eigenvalue weighted by atomic mass is 9.96. The summed E-state index contributed by atoms with van der Waals surface area (Å²) in [7, 11) is 1.65. The fourth-order valence-electron chi connectivity index (χ4n) is 4.48. The van der Waals surface area contributed by atoms with Gasteiger partial charge in [0.25, 0.3) is 5.91 Å². The zero-order chi connectivity index (χ0) is 24.1. The van der Waals surface area contributed by atoms with Crippen LogP contribution in [-0.4, -0.2) is 31.1 Å². The van der Waals surface area contributed by atoms with Gasteiger partial charge in [0.1, 0.15) is 5.75 Å². The molecule has 1 fully saturated rings. The van der Waals surface area contributed by atoms with Crippen LogP contribution in [0.25, 0.3) is 0 Å². The maximum atomic E-state index is 12.8. The molecule has 1 heterocycles. The van der Waals surface area contributed by atoms with Crippen molar-refractivity contribution in [2.24, 2.45) is 0 Å². The summed E-state index contributed by atoms with van der Waals surface area (Å²) in [6.45, 7) is 4.52. The number of carbonyl (C=O) groups excluding carboxylic acids is 2. The molecule has 1 saturated heterocycles. The predicted molar refractivity (Wildman–Crippen MR) is 137 cm³/mol. The minimum Gasteiger partial charge on any atom is -0.410 e. The summed E-state index contributed by atoms with van der Waals surface area (Å²) in [4.78, 5) is 29.2. The SMILES string of the molecule is CC1CCCC(C)N1c1ccc(C(=O)Nc2cccc(OC(=O)N(C)c3ccccc3)c2)cc1. The number of nitrogens with zero attached hydrogens (tertiary/aromatic N) is 2. The van der Waals surface area contributed by atoms with E-state index in [1.54, 1.807) is 31.3 Å². The summed E-state index contributed by atoms with van der Waals surface area (Å²) >= 11 is 0. The Morgan fingerprint density at radius 3 is 2.26 bits per heavy atom. The Morgan fingerprint density at radius 1 is 0.912 bits per heavy atom. The molecule has 2 unspecified atom stereocenters. The maximum Gasteiger partial charge on any atom is 0.419 e. The van der Waals surface area contributed by atoms with E-state index in [-0.39, 0.29) is 5.91 Å². The van der Waals surface area contributed by atoms with Crippen molar-refractivity contribution < 1.29 is 14.3 Å². The first kappa shape index (κ1) is 23.4. The average molecular weight is 458 g/mol. The first-order valence-electron chi connectivity index (χ1n) is 11.7. The number of para-hydroxylation sites is 1. The van der Waals surface area contributed by atoms with Crippen molar-refractivity contribution in [1.29, 1.82) is 0 Å². The molecule has 3 aromatic carbocycles. The number of benzene rings is 3. The molecule has 2 atom stereocenters. The summed E-state index contributed by atoms with van der Waals surface area (Å²) in [5.74, 6) is 0.144. The van der Waals surface area contributed by atoms with Gasteiger partial charge in [-0.3, -0.25) is 9.69 Å². The van der Waals surface area contributed by atoms with Crippen LogP contribution in [0.3, 0.4) is 0 Å². The highest BCUT2D eigenvalue weighted by atomic mass is 16.6. The minimum absolute atomic E-state index is 0.212. The fourth-order valence-corrected chi connectivity index (χ4v) is 4.48. The number of rotatable bonds is 5. The zero-order valence-corrected chi connectivity index (χ0v) is 19.9. The van der Waals surface area contributed by atoms with Gasteiger partial charge in [-0.2, -0.15) is 0 Å². The molecule has 6 heteroatoms. The number of hydrogen-bond acceptors (Lipinski definition) is 4. The molecule has 4 rings (SSSR count). The van der Waals surface area contributed by atoms with Crippen molar-refractivity contribution in [1.82, 2.24) is 0 Å². The molecule has 1 N–H and O–H groups in total. The zero-order valence-electron chi connectivity index (χ0n) is 19.9. The van der Waals surface area contributed by atoms with Crippen molar-refractivity contribution >= 4 is 29.1 Å². The predicted octanol–water partition coefficient (Wildman–Crippen LogP) is 6.34. The van der Waals surface area contributed by atoms with Gasteiger partial charge in [-0.1, -0.05) is 24.3 Å². The number of nitrogens with one attached hydrogen (secondary N) is 1. The highest BCUT2D eigenvalue weighted by molar-refractivity contribution is 6.04. The van der Waals surface area contributed by atoms with Crippen LogP contribution in [0.15, 0.2) is 78.9 Å². The molecule has 0 spiro atoms. The molecule has 1 aliphatic heterocycles. The van der Waals surface area contributed by atoms with Gasteiger partial charge in [0, 0.05) is 47.8 Å². The van der Waals surface area contributed by atoms with Gasteiger partial charge >= 0.3 is 6.09 Å². The van der Waals surface area contributed by atoms with Crippen molar-refractivity contribution in [3.05, 3.63) is 84.4 Å². The van der Waals surface area contributed by atoms with Crippen LogP contribution in [0.1, 0.15) is 43.5 Å². The third-order valence-electron chi connectivity index (χ3n) is 6.34. The molecule has 1 aliphatic rings. The lowest BCUT2D eigenvalue weighted by Crippen LogP contribution is -2.43. The molecule has 176 valence electrons. The van der Waals surface area contributed by atoms with Crippen LogP contribution in [0, 0.1) is 0 Å². The third kappa shape index (κ3) is 5.39. The van der Waals surface area contributed by atoms with Gasteiger partial charge in [0.05, 0.1) is 0 Å². The van der Waals surface area contributed by atoms with Crippen molar-refractivity contribution in [3.8, 4) is 5.75 Å². The molecule has 0 radical (unpaired) electrons. The molecule has 0 aliphatic carbocycles. The van der Waals surface area contributed by atoms with Gasteiger partial charge in [-0.25, -0.2) is 4.79 Å². The Morgan fingerprint density at radius 2 is 1.59 bits per heavy atom. The van der Waals surface area contributed by atoms with Crippen LogP contribution in [-0.2, 0) is 0 Å². The molecule has 34 heavy (non-hydrogen) atoms. The van der Waals surface area contributed by atoms with E-state index in [2.05, 4.69) is 24.1 Å².